The minimum atomic E-state index is -1.12. The summed E-state index contributed by atoms with van der Waals surface area (Å²) in [5.74, 6) is -1.70. The maximum atomic E-state index is 13.0. The molecule has 3 amide bonds. The van der Waals surface area contributed by atoms with Crippen LogP contribution in [0, 0.1) is 16.0 Å². The molecule has 2 aliphatic rings. The van der Waals surface area contributed by atoms with Crippen molar-refractivity contribution in [2.45, 2.75) is 6.04 Å². The Morgan fingerprint density at radius 2 is 1.88 bits per heavy atom. The Balaban J connectivity index is 1.53. The molecule has 2 unspecified atom stereocenters. The van der Waals surface area contributed by atoms with Gasteiger partial charge in [-0.2, -0.15) is 4.99 Å². The molecular formula is C19H11N5O8. The highest BCUT2D eigenvalue weighted by Gasteiger charge is 2.51. The van der Waals surface area contributed by atoms with Crippen LogP contribution in [0.4, 0.5) is 15.3 Å². The number of carbonyl (C=O) groups excluding carboxylic acids is 3. The van der Waals surface area contributed by atoms with Crippen LogP contribution in [-0.4, -0.2) is 50.5 Å². The number of non-ortho nitro benzene ring substituents is 1. The first-order valence-electron chi connectivity index (χ1n) is 9.18. The minimum Gasteiger partial charge on any atom is -0.459 e. The molecular weight excluding hydrogens is 426 g/mol. The zero-order valence-electron chi connectivity index (χ0n) is 15.9. The second kappa shape index (κ2) is 7.23. The van der Waals surface area contributed by atoms with Gasteiger partial charge in [-0.15, -0.1) is 0 Å². The first-order valence-corrected chi connectivity index (χ1v) is 9.18. The number of urea groups is 1. The van der Waals surface area contributed by atoms with E-state index in [9.17, 15) is 24.5 Å². The van der Waals surface area contributed by atoms with Crippen molar-refractivity contribution in [3.05, 3.63) is 58.1 Å². The van der Waals surface area contributed by atoms with Crippen LogP contribution in [0.2, 0.25) is 0 Å². The predicted molar refractivity (Wildman–Crippen MR) is 103 cm³/mol. The van der Waals surface area contributed by atoms with Crippen LogP contribution in [0.25, 0.3) is 11.0 Å². The van der Waals surface area contributed by atoms with E-state index in [1.807, 2.05) is 0 Å². The Kier molecular flexibility index (Phi) is 4.36. The zero-order valence-corrected chi connectivity index (χ0v) is 15.9. The number of nitrogens with zero attached hydrogens (tertiary/aromatic N) is 5. The summed E-state index contributed by atoms with van der Waals surface area (Å²) in [6, 6.07) is 7.34. The number of fused-ring (bicyclic) bond motifs is 2. The summed E-state index contributed by atoms with van der Waals surface area (Å²) in [5.41, 5.74) is 1.18. The van der Waals surface area contributed by atoms with Gasteiger partial charge in [-0.05, 0) is 40.1 Å². The van der Waals surface area contributed by atoms with E-state index < -0.39 is 35.0 Å². The van der Waals surface area contributed by atoms with Gasteiger partial charge in [-0.3, -0.25) is 14.9 Å². The monoisotopic (exact) mass is 437 g/mol. The van der Waals surface area contributed by atoms with E-state index in [4.69, 9.17) is 9.47 Å². The lowest BCUT2D eigenvalue weighted by molar-refractivity contribution is -0.384. The van der Waals surface area contributed by atoms with E-state index >= 15 is 0 Å². The number of carbonyl (C=O) groups is 3. The van der Waals surface area contributed by atoms with Gasteiger partial charge in [0.1, 0.15) is 29.3 Å². The average molecular weight is 437 g/mol. The fraction of sp³-hybridized carbons (Fsp3) is 0.158. The minimum absolute atomic E-state index is 0.0351. The van der Waals surface area contributed by atoms with Crippen LogP contribution in [0.15, 0.2) is 52.1 Å². The number of esters is 1. The third-order valence-electron chi connectivity index (χ3n) is 5.08. The molecule has 32 heavy (non-hydrogen) atoms. The van der Waals surface area contributed by atoms with Crippen molar-refractivity contribution in [2.24, 2.45) is 10.9 Å². The highest BCUT2D eigenvalue weighted by molar-refractivity contribution is 6.15. The van der Waals surface area contributed by atoms with Crippen molar-refractivity contribution in [1.82, 2.24) is 15.2 Å². The molecule has 0 radical (unpaired) electrons. The Labute approximate surface area is 177 Å². The van der Waals surface area contributed by atoms with Gasteiger partial charge in [0, 0.05) is 12.1 Å². The number of hydrogen-bond acceptors (Lipinski definition) is 10. The molecule has 13 nitrogen and oxygen atoms in total. The molecule has 0 saturated carbocycles. The van der Waals surface area contributed by atoms with Crippen molar-refractivity contribution in [2.75, 3.05) is 6.61 Å². The Morgan fingerprint density at radius 3 is 2.62 bits per heavy atom. The number of benzene rings is 2. The average Bonchev–Trinajstić information content (AvgIpc) is 3.39. The standard InChI is InChI=1S/C19H11N5O8/c25-17-15-14(8-30-17)20-18(26)23(16(15)9-1-6-12-13(7-9)22-32-21-12)19(27)31-11-4-2-10(3-5-11)24(28)29/h1-7,15-16H,8H2. The Bertz CT molecular complexity index is 1310. The fourth-order valence-electron chi connectivity index (χ4n) is 3.62. The molecule has 1 aromatic heterocycles. The molecule has 0 spiro atoms. The molecule has 2 atom stereocenters. The van der Waals surface area contributed by atoms with Gasteiger partial charge in [-0.25, -0.2) is 19.1 Å². The van der Waals surface area contributed by atoms with Crippen LogP contribution in [-0.2, 0) is 9.53 Å². The molecule has 2 aromatic carbocycles. The molecule has 5 rings (SSSR count). The van der Waals surface area contributed by atoms with Gasteiger partial charge in [-0.1, -0.05) is 6.07 Å². The predicted octanol–water partition coefficient (Wildman–Crippen LogP) is 2.42. The van der Waals surface area contributed by atoms with Crippen LogP contribution in [0.5, 0.6) is 5.75 Å². The number of hydrogen-bond donors (Lipinski definition) is 0. The van der Waals surface area contributed by atoms with Gasteiger partial charge in [0.05, 0.1) is 16.7 Å². The lowest BCUT2D eigenvalue weighted by atomic mass is 9.88. The first-order chi connectivity index (χ1) is 15.4. The van der Waals surface area contributed by atoms with Crippen LogP contribution < -0.4 is 4.74 Å². The summed E-state index contributed by atoms with van der Waals surface area (Å²) in [7, 11) is 0. The molecule has 0 N–H and O–H groups in total. The van der Waals surface area contributed by atoms with Crippen molar-refractivity contribution < 1.29 is 33.4 Å². The molecule has 2 aliphatic heterocycles. The maximum Gasteiger partial charge on any atom is 0.424 e. The number of ether oxygens (including phenoxy) is 2. The summed E-state index contributed by atoms with van der Waals surface area (Å²) in [4.78, 5) is 52.9. The lowest BCUT2D eigenvalue weighted by Crippen LogP contribution is -2.49. The number of aliphatic imine (C=N–C) groups is 1. The maximum absolute atomic E-state index is 13.0. The molecule has 160 valence electrons. The molecule has 13 heteroatoms. The second-order valence-electron chi connectivity index (χ2n) is 6.92. The number of aromatic nitrogens is 2. The summed E-state index contributed by atoms with van der Waals surface area (Å²) < 4.78 is 15.0. The molecule has 0 aliphatic carbocycles. The number of cyclic esters (lactones) is 1. The van der Waals surface area contributed by atoms with Crippen molar-refractivity contribution in [3.8, 4) is 5.75 Å². The Morgan fingerprint density at radius 1 is 1.12 bits per heavy atom. The van der Waals surface area contributed by atoms with E-state index in [0.717, 1.165) is 12.1 Å². The highest BCUT2D eigenvalue weighted by Crippen LogP contribution is 2.38. The molecule has 0 bridgehead atoms. The fourth-order valence-corrected chi connectivity index (χ4v) is 3.62. The number of amides is 3. The molecule has 1 saturated heterocycles. The third kappa shape index (κ3) is 3.12. The van der Waals surface area contributed by atoms with Crippen LogP contribution >= 0.6 is 0 Å². The topological polar surface area (TPSA) is 167 Å². The van der Waals surface area contributed by atoms with E-state index in [1.165, 1.54) is 18.2 Å². The van der Waals surface area contributed by atoms with Crippen LogP contribution in [0.1, 0.15) is 11.6 Å². The summed E-state index contributed by atoms with van der Waals surface area (Å²) in [6.45, 7) is -0.162. The number of nitro groups is 1. The largest absolute Gasteiger partial charge is 0.459 e. The summed E-state index contributed by atoms with van der Waals surface area (Å²) in [6.07, 6.45) is -1.12. The smallest absolute Gasteiger partial charge is 0.424 e. The van der Waals surface area contributed by atoms with Gasteiger partial charge < -0.3 is 9.47 Å². The van der Waals surface area contributed by atoms with Crippen molar-refractivity contribution in [1.29, 1.82) is 0 Å². The molecule has 3 heterocycles. The Hall–Kier alpha value is -4.68. The highest BCUT2D eigenvalue weighted by atomic mass is 16.6. The SMILES string of the molecule is O=C1OCC2=NC(=O)N(C(=O)Oc3ccc([N+](=O)[O-])cc3)C(c3ccc4nonc4c3)C12. The zero-order chi connectivity index (χ0) is 22.4. The van der Waals surface area contributed by atoms with Crippen molar-refractivity contribution in [3.63, 3.8) is 0 Å². The van der Waals surface area contributed by atoms with Gasteiger partial charge >= 0.3 is 18.1 Å². The quantitative estimate of drug-likeness (QED) is 0.337. The van der Waals surface area contributed by atoms with Crippen LogP contribution in [0.3, 0.4) is 0 Å². The van der Waals surface area contributed by atoms with E-state index in [1.54, 1.807) is 12.1 Å². The van der Waals surface area contributed by atoms with E-state index in [2.05, 4.69) is 19.9 Å². The third-order valence-corrected chi connectivity index (χ3v) is 5.08. The summed E-state index contributed by atoms with van der Waals surface area (Å²) >= 11 is 0. The molecule has 3 aromatic rings. The molecule has 1 fully saturated rings. The van der Waals surface area contributed by atoms with E-state index in [-0.39, 0.29) is 23.8 Å². The second-order valence-corrected chi connectivity index (χ2v) is 6.92. The number of nitro benzene ring substituents is 1. The van der Waals surface area contributed by atoms with Gasteiger partial charge in [0.2, 0.25) is 0 Å². The summed E-state index contributed by atoms with van der Waals surface area (Å²) in [5, 5.41) is 18.3. The number of rotatable bonds is 3. The van der Waals surface area contributed by atoms with Gasteiger partial charge in [0.15, 0.2) is 0 Å². The number of imide groups is 1. The van der Waals surface area contributed by atoms with Crippen molar-refractivity contribution >= 4 is 40.5 Å². The first kappa shape index (κ1) is 19.3. The van der Waals surface area contributed by atoms with Gasteiger partial charge in [0.25, 0.3) is 5.69 Å². The normalized spacial score (nSPS) is 20.0. The van der Waals surface area contributed by atoms with E-state index in [0.29, 0.717) is 21.5 Å². The lowest BCUT2D eigenvalue weighted by Gasteiger charge is -2.33.